The fourth-order valence-electron chi connectivity index (χ4n) is 2.65. The van der Waals surface area contributed by atoms with E-state index in [1.54, 1.807) is 0 Å². The molecule has 3 nitrogen and oxygen atoms in total. The first-order chi connectivity index (χ1) is 9.79. The van der Waals surface area contributed by atoms with Crippen LogP contribution in [-0.2, 0) is 11.3 Å². The maximum atomic E-state index is 5.78. The van der Waals surface area contributed by atoms with Crippen molar-refractivity contribution in [3.8, 4) is 0 Å². The predicted octanol–water partition coefficient (Wildman–Crippen LogP) is 2.75. The highest BCUT2D eigenvalue weighted by molar-refractivity contribution is 5.24. The second-order valence-corrected chi connectivity index (χ2v) is 5.83. The third-order valence-corrected chi connectivity index (χ3v) is 4.17. The van der Waals surface area contributed by atoms with Gasteiger partial charge in [0.05, 0.1) is 13.2 Å². The highest BCUT2D eigenvalue weighted by Gasteiger charge is 2.09. The fraction of sp³-hybridized carbons (Fsp3) is 0.647. The maximum Gasteiger partial charge on any atom is 0.0717 e. The van der Waals surface area contributed by atoms with Crippen molar-refractivity contribution in [2.75, 3.05) is 32.8 Å². The van der Waals surface area contributed by atoms with Crippen molar-refractivity contribution < 1.29 is 4.74 Å². The number of nitrogens with zero attached hydrogens (tertiary/aromatic N) is 1. The van der Waals surface area contributed by atoms with E-state index in [1.165, 1.54) is 43.5 Å². The van der Waals surface area contributed by atoms with Crippen LogP contribution in [-0.4, -0.2) is 37.7 Å². The van der Waals surface area contributed by atoms with Crippen LogP contribution in [0.25, 0.3) is 0 Å². The van der Waals surface area contributed by atoms with Crippen LogP contribution in [0.15, 0.2) is 24.3 Å². The molecule has 20 heavy (non-hydrogen) atoms. The average molecular weight is 276 g/mol. The van der Waals surface area contributed by atoms with E-state index in [9.17, 15) is 0 Å². The summed E-state index contributed by atoms with van der Waals surface area (Å²) in [5.41, 5.74) is 8.24. The van der Waals surface area contributed by atoms with Gasteiger partial charge < -0.3 is 15.4 Å². The molecule has 1 unspecified atom stereocenters. The third-order valence-electron chi connectivity index (χ3n) is 4.17. The van der Waals surface area contributed by atoms with Gasteiger partial charge in [0.1, 0.15) is 0 Å². The van der Waals surface area contributed by atoms with Gasteiger partial charge in [-0.2, -0.15) is 0 Å². The quantitative estimate of drug-likeness (QED) is 0.778. The summed E-state index contributed by atoms with van der Waals surface area (Å²) in [7, 11) is 0. The van der Waals surface area contributed by atoms with Gasteiger partial charge in [-0.05, 0) is 49.5 Å². The van der Waals surface area contributed by atoms with Crippen molar-refractivity contribution in [2.45, 2.75) is 38.7 Å². The highest BCUT2D eigenvalue weighted by atomic mass is 16.5. The number of benzene rings is 1. The number of hydrogen-bond donors (Lipinski definition) is 1. The van der Waals surface area contributed by atoms with Crippen LogP contribution in [0, 0.1) is 0 Å². The number of ether oxygens (including phenoxy) is 1. The van der Waals surface area contributed by atoms with Gasteiger partial charge in [-0.1, -0.05) is 37.6 Å². The molecule has 1 saturated heterocycles. The van der Waals surface area contributed by atoms with Crippen molar-refractivity contribution in [2.24, 2.45) is 5.73 Å². The van der Waals surface area contributed by atoms with Crippen LogP contribution in [0.4, 0.5) is 0 Å². The molecule has 1 heterocycles. The fourth-order valence-corrected chi connectivity index (χ4v) is 2.65. The Morgan fingerprint density at radius 1 is 1.15 bits per heavy atom. The molecule has 1 aliphatic heterocycles. The second kappa shape index (κ2) is 8.40. The molecule has 1 aromatic carbocycles. The number of piperidine rings is 1. The normalized spacial score (nSPS) is 18.1. The predicted molar refractivity (Wildman–Crippen MR) is 83.9 cm³/mol. The van der Waals surface area contributed by atoms with Crippen LogP contribution in [0.3, 0.4) is 0 Å². The molecular weight excluding hydrogens is 248 g/mol. The van der Waals surface area contributed by atoms with Crippen molar-refractivity contribution in [1.82, 2.24) is 4.90 Å². The van der Waals surface area contributed by atoms with Gasteiger partial charge >= 0.3 is 0 Å². The first-order valence-corrected chi connectivity index (χ1v) is 7.88. The minimum Gasteiger partial charge on any atom is -0.375 e. The van der Waals surface area contributed by atoms with Gasteiger partial charge in [0.2, 0.25) is 0 Å². The van der Waals surface area contributed by atoms with Crippen LogP contribution in [0.5, 0.6) is 0 Å². The topological polar surface area (TPSA) is 38.5 Å². The third kappa shape index (κ3) is 4.89. The lowest BCUT2D eigenvalue weighted by molar-refractivity contribution is 0.0863. The molecule has 2 N–H and O–H groups in total. The van der Waals surface area contributed by atoms with Crippen molar-refractivity contribution in [3.63, 3.8) is 0 Å². The number of likely N-dealkylation sites (tertiary alicyclic amines) is 1. The lowest BCUT2D eigenvalue weighted by Crippen LogP contribution is -2.32. The van der Waals surface area contributed by atoms with Gasteiger partial charge in [0, 0.05) is 6.54 Å². The number of rotatable bonds is 7. The zero-order chi connectivity index (χ0) is 14.2. The molecule has 112 valence electrons. The molecule has 0 spiro atoms. The molecule has 1 fully saturated rings. The zero-order valence-electron chi connectivity index (χ0n) is 12.7. The van der Waals surface area contributed by atoms with Gasteiger partial charge in [-0.25, -0.2) is 0 Å². The Hall–Kier alpha value is -0.900. The van der Waals surface area contributed by atoms with E-state index in [0.717, 1.165) is 13.2 Å². The molecule has 0 radical (unpaired) electrons. The molecule has 1 aliphatic rings. The summed E-state index contributed by atoms with van der Waals surface area (Å²) < 4.78 is 5.78. The van der Waals surface area contributed by atoms with E-state index < -0.39 is 0 Å². The van der Waals surface area contributed by atoms with Crippen LogP contribution in [0.1, 0.15) is 43.2 Å². The average Bonchev–Trinajstić information content (AvgIpc) is 2.52. The van der Waals surface area contributed by atoms with Crippen LogP contribution in [0.2, 0.25) is 0 Å². The molecule has 0 aliphatic carbocycles. The molecule has 1 atom stereocenters. The van der Waals surface area contributed by atoms with Crippen molar-refractivity contribution in [3.05, 3.63) is 35.4 Å². The Bertz CT molecular complexity index is 371. The van der Waals surface area contributed by atoms with E-state index in [2.05, 4.69) is 36.1 Å². The summed E-state index contributed by atoms with van der Waals surface area (Å²) >= 11 is 0. The summed E-state index contributed by atoms with van der Waals surface area (Å²) in [4.78, 5) is 2.51. The molecule has 2 rings (SSSR count). The van der Waals surface area contributed by atoms with E-state index in [1.807, 2.05) is 0 Å². The van der Waals surface area contributed by atoms with E-state index in [0.29, 0.717) is 19.1 Å². The summed E-state index contributed by atoms with van der Waals surface area (Å²) in [6, 6.07) is 8.65. The summed E-state index contributed by atoms with van der Waals surface area (Å²) in [5, 5.41) is 0. The Balaban J connectivity index is 1.66. The maximum absolute atomic E-state index is 5.78. The molecule has 0 amide bonds. The molecule has 0 saturated carbocycles. The van der Waals surface area contributed by atoms with Crippen molar-refractivity contribution in [1.29, 1.82) is 0 Å². The molecule has 0 aromatic heterocycles. The van der Waals surface area contributed by atoms with Gasteiger partial charge in [-0.3, -0.25) is 0 Å². The Morgan fingerprint density at radius 3 is 2.50 bits per heavy atom. The lowest BCUT2D eigenvalue weighted by atomic mass is 10.0. The van der Waals surface area contributed by atoms with E-state index >= 15 is 0 Å². The van der Waals surface area contributed by atoms with Gasteiger partial charge in [0.15, 0.2) is 0 Å². The largest absolute Gasteiger partial charge is 0.375 e. The second-order valence-electron chi connectivity index (χ2n) is 5.83. The van der Waals surface area contributed by atoms with Crippen LogP contribution < -0.4 is 5.73 Å². The first kappa shape index (κ1) is 15.5. The van der Waals surface area contributed by atoms with E-state index in [-0.39, 0.29) is 0 Å². The van der Waals surface area contributed by atoms with Gasteiger partial charge in [0.25, 0.3) is 0 Å². The lowest BCUT2D eigenvalue weighted by Gasteiger charge is -2.26. The summed E-state index contributed by atoms with van der Waals surface area (Å²) in [5.74, 6) is 0.434. The zero-order valence-corrected chi connectivity index (χ0v) is 12.7. The molecular formula is C17H28N2O. The van der Waals surface area contributed by atoms with Gasteiger partial charge in [-0.15, -0.1) is 0 Å². The Kier molecular flexibility index (Phi) is 6.51. The monoisotopic (exact) mass is 276 g/mol. The first-order valence-electron chi connectivity index (χ1n) is 7.88. The number of hydrogen-bond acceptors (Lipinski definition) is 3. The van der Waals surface area contributed by atoms with Crippen LogP contribution >= 0.6 is 0 Å². The summed E-state index contributed by atoms with van der Waals surface area (Å²) in [6.45, 7) is 7.97. The highest BCUT2D eigenvalue weighted by Crippen LogP contribution is 2.15. The standard InChI is InChI=1S/C17H28N2O/c1-15(13-18)17-7-5-16(6-8-17)14-20-12-11-19-9-3-2-4-10-19/h5-8,15H,2-4,9-14,18H2,1H3. The van der Waals surface area contributed by atoms with E-state index in [4.69, 9.17) is 10.5 Å². The molecule has 1 aromatic rings. The molecule has 3 heteroatoms. The van der Waals surface area contributed by atoms with Crippen molar-refractivity contribution >= 4 is 0 Å². The Labute approximate surface area is 123 Å². The smallest absolute Gasteiger partial charge is 0.0717 e. The minimum atomic E-state index is 0.434. The Morgan fingerprint density at radius 2 is 1.85 bits per heavy atom. The SMILES string of the molecule is CC(CN)c1ccc(COCCN2CCCCC2)cc1. The molecule has 0 bridgehead atoms. The summed E-state index contributed by atoms with van der Waals surface area (Å²) in [6.07, 6.45) is 4.09. The number of nitrogens with two attached hydrogens (primary N) is 1. The minimum absolute atomic E-state index is 0.434.